The number of nitrogens with one attached hydrogen (secondary N) is 1. The molecule has 0 aliphatic rings. The SMILES string of the molecule is COc1ccc(Cl)cc1NC(=O)Cc1c(C)nc2c(C)cccn12. The Morgan fingerprint density at radius 1 is 1.33 bits per heavy atom. The van der Waals surface area contributed by atoms with Crippen LogP contribution in [0, 0.1) is 13.8 Å². The fraction of sp³-hybridized carbons (Fsp3) is 0.222. The molecule has 0 saturated carbocycles. The third-order valence-electron chi connectivity index (χ3n) is 3.91. The number of aryl methyl sites for hydroxylation is 2. The Hall–Kier alpha value is -2.53. The van der Waals surface area contributed by atoms with Crippen LogP contribution in [0.15, 0.2) is 36.5 Å². The number of hydrogen-bond donors (Lipinski definition) is 1. The second-order valence-corrected chi connectivity index (χ2v) is 6.03. The lowest BCUT2D eigenvalue weighted by Crippen LogP contribution is -2.16. The molecule has 3 aromatic rings. The van der Waals surface area contributed by atoms with Crippen LogP contribution in [-0.2, 0) is 11.2 Å². The van der Waals surface area contributed by atoms with E-state index in [1.165, 1.54) is 0 Å². The van der Waals surface area contributed by atoms with Crippen molar-refractivity contribution >= 4 is 28.8 Å². The minimum Gasteiger partial charge on any atom is -0.495 e. The molecule has 2 heterocycles. The van der Waals surface area contributed by atoms with E-state index in [9.17, 15) is 4.79 Å². The number of fused-ring (bicyclic) bond motifs is 1. The second-order valence-electron chi connectivity index (χ2n) is 5.60. The zero-order valence-electron chi connectivity index (χ0n) is 13.8. The summed E-state index contributed by atoms with van der Waals surface area (Å²) in [6, 6.07) is 9.06. The molecule has 1 N–H and O–H groups in total. The molecule has 3 rings (SSSR count). The molecule has 1 amide bonds. The van der Waals surface area contributed by atoms with E-state index in [1.54, 1.807) is 25.3 Å². The summed E-state index contributed by atoms with van der Waals surface area (Å²) in [7, 11) is 1.55. The van der Waals surface area contributed by atoms with Crippen LogP contribution in [-0.4, -0.2) is 22.4 Å². The number of aromatic nitrogens is 2. The summed E-state index contributed by atoms with van der Waals surface area (Å²) in [5.41, 5.74) is 4.21. The number of imidazole rings is 1. The van der Waals surface area contributed by atoms with Crippen LogP contribution in [0.25, 0.3) is 5.65 Å². The number of methoxy groups -OCH3 is 1. The van der Waals surface area contributed by atoms with Crippen molar-refractivity contribution in [3.05, 3.63) is 58.5 Å². The molecule has 0 aliphatic heterocycles. The van der Waals surface area contributed by atoms with Crippen molar-refractivity contribution in [1.82, 2.24) is 9.38 Å². The number of carbonyl (C=O) groups is 1. The van der Waals surface area contributed by atoms with Gasteiger partial charge in [-0.2, -0.15) is 0 Å². The van der Waals surface area contributed by atoms with Crippen LogP contribution in [0.5, 0.6) is 5.75 Å². The van der Waals surface area contributed by atoms with Crippen molar-refractivity contribution < 1.29 is 9.53 Å². The van der Waals surface area contributed by atoms with Gasteiger partial charge in [0.1, 0.15) is 11.4 Å². The van der Waals surface area contributed by atoms with Crippen LogP contribution in [0.4, 0.5) is 5.69 Å². The van der Waals surface area contributed by atoms with Gasteiger partial charge in [-0.05, 0) is 43.7 Å². The predicted octanol–water partition coefficient (Wildman–Crippen LogP) is 3.79. The van der Waals surface area contributed by atoms with E-state index in [0.717, 1.165) is 22.6 Å². The zero-order valence-corrected chi connectivity index (χ0v) is 14.5. The monoisotopic (exact) mass is 343 g/mol. The van der Waals surface area contributed by atoms with Crippen molar-refractivity contribution in [2.75, 3.05) is 12.4 Å². The number of carbonyl (C=O) groups excluding carboxylic acids is 1. The fourth-order valence-corrected chi connectivity index (χ4v) is 2.88. The van der Waals surface area contributed by atoms with Crippen molar-refractivity contribution in [2.24, 2.45) is 0 Å². The molecular weight excluding hydrogens is 326 g/mol. The maximum atomic E-state index is 12.5. The van der Waals surface area contributed by atoms with Gasteiger partial charge in [0.2, 0.25) is 5.91 Å². The van der Waals surface area contributed by atoms with E-state index in [-0.39, 0.29) is 12.3 Å². The molecule has 0 aliphatic carbocycles. The number of rotatable bonds is 4. The highest BCUT2D eigenvalue weighted by Gasteiger charge is 2.15. The van der Waals surface area contributed by atoms with Gasteiger partial charge in [0.25, 0.3) is 0 Å². The van der Waals surface area contributed by atoms with Crippen LogP contribution in [0.2, 0.25) is 5.02 Å². The molecule has 0 saturated heterocycles. The van der Waals surface area contributed by atoms with Crippen LogP contribution < -0.4 is 10.1 Å². The van der Waals surface area contributed by atoms with E-state index < -0.39 is 0 Å². The molecule has 124 valence electrons. The molecule has 2 aromatic heterocycles. The summed E-state index contributed by atoms with van der Waals surface area (Å²) in [5.74, 6) is 0.417. The Balaban J connectivity index is 1.87. The fourth-order valence-electron chi connectivity index (χ4n) is 2.70. The van der Waals surface area contributed by atoms with E-state index in [1.807, 2.05) is 36.6 Å². The first-order chi connectivity index (χ1) is 11.5. The van der Waals surface area contributed by atoms with E-state index in [0.29, 0.717) is 16.5 Å². The molecule has 0 spiro atoms. The number of halogens is 1. The van der Waals surface area contributed by atoms with Crippen molar-refractivity contribution in [1.29, 1.82) is 0 Å². The molecule has 0 fully saturated rings. The first-order valence-corrected chi connectivity index (χ1v) is 7.94. The Kier molecular flexibility index (Phi) is 4.44. The lowest BCUT2D eigenvalue weighted by atomic mass is 10.2. The molecular formula is C18H18ClN3O2. The second kappa shape index (κ2) is 6.53. The average molecular weight is 344 g/mol. The number of hydrogen-bond acceptors (Lipinski definition) is 3. The van der Waals surface area contributed by atoms with Crippen molar-refractivity contribution in [3.8, 4) is 5.75 Å². The first-order valence-electron chi connectivity index (χ1n) is 7.56. The van der Waals surface area contributed by atoms with E-state index in [4.69, 9.17) is 16.3 Å². The molecule has 5 nitrogen and oxygen atoms in total. The lowest BCUT2D eigenvalue weighted by Gasteiger charge is -2.11. The summed E-state index contributed by atoms with van der Waals surface area (Å²) in [5, 5.41) is 3.39. The van der Waals surface area contributed by atoms with Gasteiger partial charge in [0, 0.05) is 11.2 Å². The maximum absolute atomic E-state index is 12.5. The topological polar surface area (TPSA) is 55.6 Å². The van der Waals surface area contributed by atoms with Crippen LogP contribution in [0.3, 0.4) is 0 Å². The standard InChI is InChI=1S/C18H18ClN3O2/c1-11-5-4-8-22-15(12(2)20-18(11)22)10-17(23)21-14-9-13(19)6-7-16(14)24-3/h4-9H,10H2,1-3H3,(H,21,23). The highest BCUT2D eigenvalue weighted by atomic mass is 35.5. The predicted molar refractivity (Wildman–Crippen MR) is 95.0 cm³/mol. The molecule has 1 aromatic carbocycles. The summed E-state index contributed by atoms with van der Waals surface area (Å²) in [4.78, 5) is 17.0. The van der Waals surface area contributed by atoms with Crippen molar-refractivity contribution in [3.63, 3.8) is 0 Å². The first kappa shape index (κ1) is 16.3. The lowest BCUT2D eigenvalue weighted by molar-refractivity contribution is -0.115. The average Bonchev–Trinajstić information content (AvgIpc) is 2.85. The van der Waals surface area contributed by atoms with Gasteiger partial charge in [-0.3, -0.25) is 4.79 Å². The van der Waals surface area contributed by atoms with Crippen LogP contribution in [0.1, 0.15) is 17.0 Å². The Morgan fingerprint density at radius 2 is 2.12 bits per heavy atom. The van der Waals surface area contributed by atoms with Gasteiger partial charge in [0.15, 0.2) is 0 Å². The molecule has 0 atom stereocenters. The highest BCUT2D eigenvalue weighted by molar-refractivity contribution is 6.31. The maximum Gasteiger partial charge on any atom is 0.230 e. The molecule has 0 radical (unpaired) electrons. The normalized spacial score (nSPS) is 10.8. The number of pyridine rings is 1. The largest absolute Gasteiger partial charge is 0.495 e. The van der Waals surface area contributed by atoms with E-state index in [2.05, 4.69) is 10.3 Å². The summed E-state index contributed by atoms with van der Waals surface area (Å²) < 4.78 is 7.21. The Morgan fingerprint density at radius 3 is 2.88 bits per heavy atom. The van der Waals surface area contributed by atoms with Gasteiger partial charge < -0.3 is 14.5 Å². The highest BCUT2D eigenvalue weighted by Crippen LogP contribution is 2.28. The minimum absolute atomic E-state index is 0.151. The number of anilines is 1. The van der Waals surface area contributed by atoms with Gasteiger partial charge in [-0.1, -0.05) is 17.7 Å². The Labute approximate surface area is 145 Å². The summed E-state index contributed by atoms with van der Waals surface area (Å²) in [6.45, 7) is 3.91. The summed E-state index contributed by atoms with van der Waals surface area (Å²) >= 11 is 6.00. The van der Waals surface area contributed by atoms with Crippen molar-refractivity contribution in [2.45, 2.75) is 20.3 Å². The molecule has 6 heteroatoms. The summed E-state index contributed by atoms with van der Waals surface area (Å²) in [6.07, 6.45) is 2.14. The smallest absolute Gasteiger partial charge is 0.230 e. The molecule has 0 unspecified atom stereocenters. The zero-order chi connectivity index (χ0) is 17.3. The number of amides is 1. The van der Waals surface area contributed by atoms with Gasteiger partial charge in [-0.15, -0.1) is 0 Å². The Bertz CT molecular complexity index is 918. The van der Waals surface area contributed by atoms with Gasteiger partial charge in [0.05, 0.1) is 30.6 Å². The van der Waals surface area contributed by atoms with Gasteiger partial charge >= 0.3 is 0 Å². The minimum atomic E-state index is -0.151. The molecule has 24 heavy (non-hydrogen) atoms. The third kappa shape index (κ3) is 3.08. The van der Waals surface area contributed by atoms with Crippen LogP contribution >= 0.6 is 11.6 Å². The number of ether oxygens (including phenoxy) is 1. The molecule has 0 bridgehead atoms. The quantitative estimate of drug-likeness (QED) is 0.784. The third-order valence-corrected chi connectivity index (χ3v) is 4.14. The van der Waals surface area contributed by atoms with Gasteiger partial charge in [-0.25, -0.2) is 4.98 Å². The number of nitrogens with zero attached hydrogens (tertiary/aromatic N) is 2. The van der Waals surface area contributed by atoms with E-state index >= 15 is 0 Å². The number of benzene rings is 1.